The van der Waals surface area contributed by atoms with Crippen LogP contribution in [0, 0.1) is 10.1 Å². The largest absolute Gasteiger partial charge is 0.378 e. The lowest BCUT2D eigenvalue weighted by molar-refractivity contribution is -0.385. The first-order valence-electron chi connectivity index (χ1n) is 7.61. The summed E-state index contributed by atoms with van der Waals surface area (Å²) in [6.45, 7) is 0.465. The van der Waals surface area contributed by atoms with Gasteiger partial charge < -0.3 is 9.80 Å². The van der Waals surface area contributed by atoms with Gasteiger partial charge in [-0.3, -0.25) is 14.9 Å². The van der Waals surface area contributed by atoms with Gasteiger partial charge in [-0.1, -0.05) is 30.3 Å². The summed E-state index contributed by atoms with van der Waals surface area (Å²) in [7, 11) is 5.64. The highest BCUT2D eigenvalue weighted by molar-refractivity contribution is 5.79. The Balaban J connectivity index is 2.03. The van der Waals surface area contributed by atoms with E-state index in [1.807, 2.05) is 43.3 Å². The van der Waals surface area contributed by atoms with Gasteiger partial charge in [0.05, 0.1) is 11.3 Å². The average molecular weight is 327 g/mol. The molecule has 24 heavy (non-hydrogen) atoms. The van der Waals surface area contributed by atoms with Crippen molar-refractivity contribution >= 4 is 17.3 Å². The molecule has 0 aromatic heterocycles. The number of benzene rings is 2. The van der Waals surface area contributed by atoms with Gasteiger partial charge in [0.2, 0.25) is 5.91 Å². The Labute approximate surface area is 141 Å². The second-order valence-electron chi connectivity index (χ2n) is 5.87. The maximum absolute atomic E-state index is 12.4. The third-order valence-electron chi connectivity index (χ3n) is 3.83. The van der Waals surface area contributed by atoms with Crippen molar-refractivity contribution in [2.45, 2.75) is 13.0 Å². The van der Waals surface area contributed by atoms with Crippen LogP contribution >= 0.6 is 0 Å². The van der Waals surface area contributed by atoms with E-state index in [0.717, 1.165) is 11.3 Å². The number of likely N-dealkylation sites (N-methyl/N-ethyl adjacent to an activating group) is 1. The number of nitro benzene ring substituents is 1. The predicted molar refractivity (Wildman–Crippen MR) is 94.0 cm³/mol. The van der Waals surface area contributed by atoms with Crippen molar-refractivity contribution in [3.8, 4) is 0 Å². The van der Waals surface area contributed by atoms with Crippen molar-refractivity contribution in [3.63, 3.8) is 0 Å². The molecule has 0 saturated heterocycles. The van der Waals surface area contributed by atoms with E-state index in [2.05, 4.69) is 0 Å². The first-order valence-corrected chi connectivity index (χ1v) is 7.61. The number of carbonyl (C=O) groups excluding carboxylic acids is 1. The Morgan fingerprint density at radius 1 is 1.04 bits per heavy atom. The number of para-hydroxylation sites is 1. The molecule has 126 valence electrons. The first-order chi connectivity index (χ1) is 11.4. The van der Waals surface area contributed by atoms with E-state index in [0.29, 0.717) is 12.1 Å². The minimum atomic E-state index is -0.456. The molecule has 2 rings (SSSR count). The second-order valence-corrected chi connectivity index (χ2v) is 5.87. The molecule has 0 heterocycles. The SMILES string of the molecule is CN(Cc1ccc(N(C)C)cc1)C(=O)Cc1ccccc1[N+](=O)[O-]. The van der Waals surface area contributed by atoms with E-state index in [9.17, 15) is 14.9 Å². The summed E-state index contributed by atoms with van der Waals surface area (Å²) < 4.78 is 0. The third-order valence-corrected chi connectivity index (χ3v) is 3.83. The average Bonchev–Trinajstić information content (AvgIpc) is 2.55. The van der Waals surface area contributed by atoms with Crippen LogP contribution in [0.2, 0.25) is 0 Å². The normalized spacial score (nSPS) is 10.3. The minimum absolute atomic E-state index is 0.0173. The minimum Gasteiger partial charge on any atom is -0.378 e. The fraction of sp³-hybridized carbons (Fsp3) is 0.278. The number of nitro groups is 1. The lowest BCUT2D eigenvalue weighted by Gasteiger charge is -2.18. The Bertz CT molecular complexity index is 727. The smallest absolute Gasteiger partial charge is 0.273 e. The summed E-state index contributed by atoms with van der Waals surface area (Å²) in [5.41, 5.74) is 2.52. The van der Waals surface area contributed by atoms with Gasteiger partial charge >= 0.3 is 0 Å². The summed E-state index contributed by atoms with van der Waals surface area (Å²) in [6.07, 6.45) is 0.0173. The molecule has 0 unspecified atom stereocenters. The Hall–Kier alpha value is -2.89. The topological polar surface area (TPSA) is 66.7 Å². The Morgan fingerprint density at radius 3 is 2.25 bits per heavy atom. The van der Waals surface area contributed by atoms with E-state index >= 15 is 0 Å². The van der Waals surface area contributed by atoms with Gasteiger partial charge in [0.15, 0.2) is 0 Å². The van der Waals surface area contributed by atoms with Gasteiger partial charge in [0, 0.05) is 45.0 Å². The lowest BCUT2D eigenvalue weighted by Crippen LogP contribution is -2.28. The fourth-order valence-electron chi connectivity index (χ4n) is 2.40. The fourth-order valence-corrected chi connectivity index (χ4v) is 2.40. The molecule has 0 aliphatic heterocycles. The molecular formula is C18H21N3O3. The molecule has 6 nitrogen and oxygen atoms in total. The molecule has 0 aliphatic carbocycles. The van der Waals surface area contributed by atoms with Crippen molar-refractivity contribution in [2.24, 2.45) is 0 Å². The number of hydrogen-bond donors (Lipinski definition) is 0. The third kappa shape index (κ3) is 4.32. The molecule has 0 fully saturated rings. The van der Waals surface area contributed by atoms with Crippen LogP contribution in [-0.2, 0) is 17.8 Å². The van der Waals surface area contributed by atoms with Crippen molar-refractivity contribution in [2.75, 3.05) is 26.0 Å². The maximum atomic E-state index is 12.4. The maximum Gasteiger partial charge on any atom is 0.273 e. The van der Waals surface area contributed by atoms with E-state index in [-0.39, 0.29) is 18.0 Å². The van der Waals surface area contributed by atoms with Gasteiger partial charge in [0.1, 0.15) is 0 Å². The first kappa shape index (κ1) is 17.5. The van der Waals surface area contributed by atoms with Crippen LogP contribution in [0.15, 0.2) is 48.5 Å². The highest BCUT2D eigenvalue weighted by Crippen LogP contribution is 2.19. The summed E-state index contributed by atoms with van der Waals surface area (Å²) in [5.74, 6) is -0.152. The molecular weight excluding hydrogens is 306 g/mol. The highest BCUT2D eigenvalue weighted by atomic mass is 16.6. The number of hydrogen-bond acceptors (Lipinski definition) is 4. The summed E-state index contributed by atoms with van der Waals surface area (Å²) in [5, 5.41) is 11.0. The van der Waals surface area contributed by atoms with Gasteiger partial charge in [0.25, 0.3) is 5.69 Å². The summed E-state index contributed by atoms with van der Waals surface area (Å²) in [6, 6.07) is 14.3. The van der Waals surface area contributed by atoms with Crippen molar-refractivity contribution in [1.29, 1.82) is 0 Å². The molecule has 6 heteroatoms. The zero-order chi connectivity index (χ0) is 17.7. The van der Waals surface area contributed by atoms with Crippen LogP contribution < -0.4 is 4.90 Å². The molecule has 2 aromatic carbocycles. The molecule has 0 radical (unpaired) electrons. The van der Waals surface area contributed by atoms with Gasteiger partial charge in [-0.15, -0.1) is 0 Å². The number of carbonyl (C=O) groups is 1. The van der Waals surface area contributed by atoms with Gasteiger partial charge in [-0.2, -0.15) is 0 Å². The number of rotatable bonds is 6. The predicted octanol–water partition coefficient (Wildman–Crippen LogP) is 2.86. The summed E-state index contributed by atoms with van der Waals surface area (Å²) in [4.78, 5) is 26.5. The molecule has 0 N–H and O–H groups in total. The van der Waals surface area contributed by atoms with Crippen LogP contribution in [0.5, 0.6) is 0 Å². The Kier molecular flexibility index (Phi) is 5.52. The number of amides is 1. The standard InChI is InChI=1S/C18H21N3O3/c1-19(2)16-10-8-14(9-11-16)13-20(3)18(22)12-15-6-4-5-7-17(15)21(23)24/h4-11H,12-13H2,1-3H3. The zero-order valence-corrected chi connectivity index (χ0v) is 14.1. The van der Waals surface area contributed by atoms with Crippen molar-refractivity contribution < 1.29 is 9.72 Å². The van der Waals surface area contributed by atoms with E-state index in [4.69, 9.17) is 0 Å². The van der Waals surface area contributed by atoms with E-state index < -0.39 is 4.92 Å². The van der Waals surface area contributed by atoms with E-state index in [1.54, 1.807) is 30.1 Å². The quantitative estimate of drug-likeness (QED) is 0.604. The Morgan fingerprint density at radius 2 is 1.67 bits per heavy atom. The molecule has 0 saturated carbocycles. The monoisotopic (exact) mass is 327 g/mol. The molecule has 0 spiro atoms. The molecule has 2 aromatic rings. The van der Waals surface area contributed by atoms with Crippen molar-refractivity contribution in [1.82, 2.24) is 4.90 Å². The van der Waals surface area contributed by atoms with Gasteiger partial charge in [-0.25, -0.2) is 0 Å². The molecule has 0 bridgehead atoms. The van der Waals surface area contributed by atoms with Crippen LogP contribution in [0.1, 0.15) is 11.1 Å². The second kappa shape index (κ2) is 7.59. The molecule has 1 amide bonds. The van der Waals surface area contributed by atoms with Crippen LogP contribution in [-0.4, -0.2) is 36.9 Å². The zero-order valence-electron chi connectivity index (χ0n) is 14.1. The lowest BCUT2D eigenvalue weighted by atomic mass is 10.1. The van der Waals surface area contributed by atoms with E-state index in [1.165, 1.54) is 6.07 Å². The van der Waals surface area contributed by atoms with Crippen LogP contribution in [0.4, 0.5) is 11.4 Å². The summed E-state index contributed by atoms with van der Waals surface area (Å²) >= 11 is 0. The van der Waals surface area contributed by atoms with Crippen molar-refractivity contribution in [3.05, 3.63) is 69.8 Å². The van der Waals surface area contributed by atoms with Crippen LogP contribution in [0.3, 0.4) is 0 Å². The molecule has 0 aliphatic rings. The van der Waals surface area contributed by atoms with Gasteiger partial charge in [-0.05, 0) is 17.7 Å². The molecule has 0 atom stereocenters. The number of nitrogens with zero attached hydrogens (tertiary/aromatic N) is 3. The highest BCUT2D eigenvalue weighted by Gasteiger charge is 2.17. The number of anilines is 1. The van der Waals surface area contributed by atoms with Crippen LogP contribution in [0.25, 0.3) is 0 Å².